The smallest absolute Gasteiger partial charge is 0.303 e. The third-order valence-electron chi connectivity index (χ3n) is 3.20. The van der Waals surface area contributed by atoms with Gasteiger partial charge in [-0.2, -0.15) is 0 Å². The van der Waals surface area contributed by atoms with E-state index in [1.54, 1.807) is 0 Å². The van der Waals surface area contributed by atoms with Gasteiger partial charge in [-0.05, 0) is 30.5 Å². The number of carboxylic acids is 1. The molecule has 0 radical (unpaired) electrons. The highest BCUT2D eigenvalue weighted by Crippen LogP contribution is 2.22. The van der Waals surface area contributed by atoms with Crippen molar-refractivity contribution in [1.82, 2.24) is 4.90 Å². The molecule has 0 bridgehead atoms. The van der Waals surface area contributed by atoms with Crippen molar-refractivity contribution in [1.29, 1.82) is 0 Å². The molecule has 0 aromatic heterocycles. The number of hydrogen-bond acceptors (Lipinski definition) is 2. The molecule has 0 aliphatic carbocycles. The van der Waals surface area contributed by atoms with Gasteiger partial charge in [0.2, 0.25) is 0 Å². The van der Waals surface area contributed by atoms with E-state index in [0.29, 0.717) is 13.0 Å². The fourth-order valence-corrected chi connectivity index (χ4v) is 2.26. The van der Waals surface area contributed by atoms with Crippen LogP contribution in [0, 0.1) is 17.6 Å². The fraction of sp³-hybridized carbons (Fsp3) is 0.385. The average molecular weight is 269 g/mol. The molecule has 1 saturated heterocycles. The molecule has 1 aliphatic heterocycles. The van der Waals surface area contributed by atoms with Crippen LogP contribution >= 0.6 is 0 Å². The Balaban J connectivity index is 2.09. The second-order valence-corrected chi connectivity index (χ2v) is 4.63. The van der Waals surface area contributed by atoms with Crippen LogP contribution in [-0.4, -0.2) is 35.0 Å². The molecule has 1 aliphatic rings. The van der Waals surface area contributed by atoms with E-state index in [-0.39, 0.29) is 24.4 Å². The number of carbonyl (C=O) groups excluding carboxylic acids is 1. The van der Waals surface area contributed by atoms with Crippen molar-refractivity contribution in [2.45, 2.75) is 12.8 Å². The highest BCUT2D eigenvalue weighted by atomic mass is 19.1. The van der Waals surface area contributed by atoms with Crippen molar-refractivity contribution in [3.8, 4) is 0 Å². The van der Waals surface area contributed by atoms with Crippen molar-refractivity contribution < 1.29 is 23.5 Å². The largest absolute Gasteiger partial charge is 0.481 e. The third kappa shape index (κ3) is 3.07. The van der Waals surface area contributed by atoms with Crippen LogP contribution in [0.3, 0.4) is 0 Å². The van der Waals surface area contributed by atoms with Crippen LogP contribution in [0.2, 0.25) is 0 Å². The lowest BCUT2D eigenvalue weighted by Gasteiger charge is -2.16. The lowest BCUT2D eigenvalue weighted by atomic mass is 10.1. The van der Waals surface area contributed by atoms with Gasteiger partial charge in [-0.3, -0.25) is 9.59 Å². The molecule has 1 fully saturated rings. The Morgan fingerprint density at radius 1 is 1.37 bits per heavy atom. The maximum Gasteiger partial charge on any atom is 0.303 e. The number of nitrogens with zero attached hydrogens (tertiary/aromatic N) is 1. The summed E-state index contributed by atoms with van der Waals surface area (Å²) in [5, 5.41) is 8.68. The van der Waals surface area contributed by atoms with E-state index in [0.717, 1.165) is 18.2 Å². The zero-order valence-corrected chi connectivity index (χ0v) is 10.1. The molecule has 1 amide bonds. The van der Waals surface area contributed by atoms with Gasteiger partial charge in [0.25, 0.3) is 5.91 Å². The predicted molar refractivity (Wildman–Crippen MR) is 62.6 cm³/mol. The first kappa shape index (κ1) is 13.5. The van der Waals surface area contributed by atoms with Crippen LogP contribution in [0.5, 0.6) is 0 Å². The van der Waals surface area contributed by atoms with Crippen LogP contribution < -0.4 is 0 Å². The second-order valence-electron chi connectivity index (χ2n) is 4.63. The monoisotopic (exact) mass is 269 g/mol. The van der Waals surface area contributed by atoms with Gasteiger partial charge in [0, 0.05) is 19.5 Å². The Morgan fingerprint density at radius 3 is 2.79 bits per heavy atom. The second kappa shape index (κ2) is 5.34. The van der Waals surface area contributed by atoms with E-state index in [4.69, 9.17) is 5.11 Å². The molecule has 1 aromatic rings. The Bertz CT molecular complexity index is 519. The van der Waals surface area contributed by atoms with Gasteiger partial charge in [-0.1, -0.05) is 0 Å². The van der Waals surface area contributed by atoms with Crippen LogP contribution in [-0.2, 0) is 4.79 Å². The van der Waals surface area contributed by atoms with Crippen LogP contribution in [0.4, 0.5) is 8.78 Å². The minimum atomic E-state index is -0.920. The van der Waals surface area contributed by atoms with Crippen LogP contribution in [0.15, 0.2) is 18.2 Å². The number of carbonyl (C=O) groups is 2. The Morgan fingerprint density at radius 2 is 2.11 bits per heavy atom. The number of aliphatic carboxylic acids is 1. The van der Waals surface area contributed by atoms with Gasteiger partial charge < -0.3 is 10.0 Å². The lowest BCUT2D eigenvalue weighted by molar-refractivity contribution is -0.138. The third-order valence-corrected chi connectivity index (χ3v) is 3.20. The summed E-state index contributed by atoms with van der Waals surface area (Å²) in [6, 6.07) is 2.72. The van der Waals surface area contributed by atoms with Crippen LogP contribution in [0.25, 0.3) is 0 Å². The van der Waals surface area contributed by atoms with Crippen molar-refractivity contribution >= 4 is 11.9 Å². The molecule has 1 aromatic carbocycles. The standard InChI is InChI=1S/C13H13F2NO3/c14-9-1-2-11(15)10(6-9)13(19)16-4-3-8(7-16)5-12(17)18/h1-2,6,8H,3-5,7H2,(H,17,18). The molecule has 1 heterocycles. The van der Waals surface area contributed by atoms with Crippen molar-refractivity contribution in [3.63, 3.8) is 0 Å². The molecule has 2 rings (SSSR count). The molecular formula is C13H13F2NO3. The zero-order chi connectivity index (χ0) is 14.0. The Kier molecular flexibility index (Phi) is 3.78. The van der Waals surface area contributed by atoms with Gasteiger partial charge in [0.05, 0.1) is 5.56 Å². The molecule has 1 N–H and O–H groups in total. The number of benzene rings is 1. The van der Waals surface area contributed by atoms with E-state index >= 15 is 0 Å². The molecule has 1 unspecified atom stereocenters. The minimum Gasteiger partial charge on any atom is -0.481 e. The first-order valence-corrected chi connectivity index (χ1v) is 5.93. The van der Waals surface area contributed by atoms with Crippen molar-refractivity contribution in [2.24, 2.45) is 5.92 Å². The van der Waals surface area contributed by atoms with Gasteiger partial charge in [-0.15, -0.1) is 0 Å². The maximum atomic E-state index is 13.5. The normalized spacial score (nSPS) is 18.6. The van der Waals surface area contributed by atoms with E-state index in [2.05, 4.69) is 0 Å². The highest BCUT2D eigenvalue weighted by Gasteiger charge is 2.29. The molecular weight excluding hydrogens is 256 g/mol. The van der Waals surface area contributed by atoms with Gasteiger partial charge in [0.1, 0.15) is 11.6 Å². The number of halogens is 2. The Labute approximate surface area is 108 Å². The van der Waals surface area contributed by atoms with Crippen molar-refractivity contribution in [2.75, 3.05) is 13.1 Å². The molecule has 0 spiro atoms. The SMILES string of the molecule is O=C(O)CC1CCN(C(=O)c2cc(F)ccc2F)C1. The number of amides is 1. The molecule has 19 heavy (non-hydrogen) atoms. The average Bonchev–Trinajstić information content (AvgIpc) is 2.79. The summed E-state index contributed by atoms with van der Waals surface area (Å²) in [6.07, 6.45) is 0.546. The van der Waals surface area contributed by atoms with Crippen LogP contribution in [0.1, 0.15) is 23.2 Å². The summed E-state index contributed by atoms with van der Waals surface area (Å²) in [7, 11) is 0. The predicted octanol–water partition coefficient (Wildman–Crippen LogP) is 1.90. The minimum absolute atomic E-state index is 0.0184. The van der Waals surface area contributed by atoms with Gasteiger partial charge in [-0.25, -0.2) is 8.78 Å². The van der Waals surface area contributed by atoms with E-state index in [1.165, 1.54) is 4.90 Å². The van der Waals surface area contributed by atoms with Gasteiger partial charge in [0.15, 0.2) is 0 Å². The highest BCUT2D eigenvalue weighted by molar-refractivity contribution is 5.94. The molecule has 4 nitrogen and oxygen atoms in total. The summed E-state index contributed by atoms with van der Waals surface area (Å²) < 4.78 is 26.5. The summed E-state index contributed by atoms with van der Waals surface area (Å²) in [5.74, 6) is -3.08. The lowest BCUT2D eigenvalue weighted by Crippen LogP contribution is -2.29. The number of carboxylic acid groups (broad SMARTS) is 1. The molecule has 6 heteroatoms. The number of rotatable bonds is 3. The molecule has 102 valence electrons. The summed E-state index contributed by atoms with van der Waals surface area (Å²) >= 11 is 0. The quantitative estimate of drug-likeness (QED) is 0.911. The Hall–Kier alpha value is -1.98. The number of likely N-dealkylation sites (tertiary alicyclic amines) is 1. The molecule has 1 atom stereocenters. The van der Waals surface area contributed by atoms with E-state index < -0.39 is 23.5 Å². The number of hydrogen-bond donors (Lipinski definition) is 1. The van der Waals surface area contributed by atoms with E-state index in [1.807, 2.05) is 0 Å². The summed E-state index contributed by atoms with van der Waals surface area (Å²) in [4.78, 5) is 24.0. The zero-order valence-electron chi connectivity index (χ0n) is 10.1. The topological polar surface area (TPSA) is 57.6 Å². The first-order valence-electron chi connectivity index (χ1n) is 5.93. The maximum absolute atomic E-state index is 13.5. The first-order chi connectivity index (χ1) is 8.97. The van der Waals surface area contributed by atoms with Gasteiger partial charge >= 0.3 is 5.97 Å². The summed E-state index contributed by atoms with van der Waals surface area (Å²) in [6.45, 7) is 0.633. The summed E-state index contributed by atoms with van der Waals surface area (Å²) in [5.41, 5.74) is -0.309. The van der Waals surface area contributed by atoms with E-state index in [9.17, 15) is 18.4 Å². The molecule has 0 saturated carbocycles. The van der Waals surface area contributed by atoms with Crippen molar-refractivity contribution in [3.05, 3.63) is 35.4 Å². The fourth-order valence-electron chi connectivity index (χ4n) is 2.26.